The predicted octanol–water partition coefficient (Wildman–Crippen LogP) is 2.46. The van der Waals surface area contributed by atoms with E-state index in [-0.39, 0.29) is 0 Å². The molecule has 0 aliphatic heterocycles. The molecule has 2 aromatic rings. The molecule has 0 saturated carbocycles. The molecule has 0 amide bonds. The molecule has 8 heteroatoms. The highest BCUT2D eigenvalue weighted by molar-refractivity contribution is 6.29. The topological polar surface area (TPSA) is 90.2 Å². The van der Waals surface area contributed by atoms with Crippen LogP contribution in [-0.2, 0) is 6.42 Å². The van der Waals surface area contributed by atoms with Crippen molar-refractivity contribution in [3.8, 4) is 5.88 Å². The van der Waals surface area contributed by atoms with Gasteiger partial charge in [0, 0.05) is 31.4 Å². The van der Waals surface area contributed by atoms with Crippen LogP contribution in [0.1, 0.15) is 5.56 Å². The number of pyridine rings is 2. The number of nitrogens with one attached hydrogen (secondary N) is 1. The van der Waals surface area contributed by atoms with Crippen molar-refractivity contribution in [3.63, 3.8) is 0 Å². The minimum atomic E-state index is -0.495. The van der Waals surface area contributed by atoms with Crippen LogP contribution in [-0.4, -0.2) is 28.0 Å². The van der Waals surface area contributed by atoms with Crippen molar-refractivity contribution >= 4 is 11.6 Å². The van der Waals surface area contributed by atoms with Crippen LogP contribution in [0.2, 0.25) is 5.15 Å². The summed E-state index contributed by atoms with van der Waals surface area (Å²) in [6, 6.07) is 8.78. The standard InChI is InChI=1S/C15H15ClN4O3/c16-14-5-4-12(10-19-14)9-13(11-20(21)22)17-7-8-23-15-3-1-2-6-18-15/h1-6,10-11,17H,7-9H2. The second-order valence-corrected chi connectivity index (χ2v) is 4.94. The maximum Gasteiger partial charge on any atom is 0.253 e. The molecule has 0 radical (unpaired) electrons. The molecule has 120 valence electrons. The van der Waals surface area contributed by atoms with Crippen molar-refractivity contribution in [2.24, 2.45) is 0 Å². The van der Waals surface area contributed by atoms with E-state index in [4.69, 9.17) is 16.3 Å². The number of rotatable bonds is 8. The summed E-state index contributed by atoms with van der Waals surface area (Å²) < 4.78 is 5.43. The summed E-state index contributed by atoms with van der Waals surface area (Å²) in [4.78, 5) is 18.2. The second-order valence-electron chi connectivity index (χ2n) is 4.55. The molecule has 2 rings (SSSR count). The average Bonchev–Trinajstić information content (AvgIpc) is 2.54. The van der Waals surface area contributed by atoms with Crippen molar-refractivity contribution in [2.75, 3.05) is 13.2 Å². The lowest BCUT2D eigenvalue weighted by molar-refractivity contribution is -0.403. The average molecular weight is 335 g/mol. The molecule has 23 heavy (non-hydrogen) atoms. The maximum absolute atomic E-state index is 10.7. The number of allylic oxidation sites excluding steroid dienone is 1. The van der Waals surface area contributed by atoms with Gasteiger partial charge in [0.25, 0.3) is 6.20 Å². The molecule has 0 saturated heterocycles. The quantitative estimate of drug-likeness (QED) is 0.345. The second kappa shape index (κ2) is 8.70. The molecule has 0 fully saturated rings. The monoisotopic (exact) mass is 334 g/mol. The Kier molecular flexibility index (Phi) is 6.31. The minimum Gasteiger partial charge on any atom is -0.476 e. The smallest absolute Gasteiger partial charge is 0.253 e. The SMILES string of the molecule is O=[N+]([O-])C=C(Cc1ccc(Cl)nc1)NCCOc1ccccn1. The Hall–Kier alpha value is -2.67. The highest BCUT2D eigenvalue weighted by atomic mass is 35.5. The maximum atomic E-state index is 10.7. The molecular formula is C15H15ClN4O3. The molecule has 2 heterocycles. The van der Waals surface area contributed by atoms with Gasteiger partial charge in [-0.25, -0.2) is 9.97 Å². The Balaban J connectivity index is 1.86. The van der Waals surface area contributed by atoms with Gasteiger partial charge in [-0.05, 0) is 17.7 Å². The minimum absolute atomic E-state index is 0.338. The predicted molar refractivity (Wildman–Crippen MR) is 85.8 cm³/mol. The van der Waals surface area contributed by atoms with E-state index < -0.39 is 4.92 Å². The first kappa shape index (κ1) is 16.7. The molecule has 7 nitrogen and oxygen atoms in total. The Bertz CT molecular complexity index is 662. The number of nitrogens with zero attached hydrogens (tertiary/aromatic N) is 3. The van der Waals surface area contributed by atoms with Gasteiger partial charge in [-0.1, -0.05) is 23.7 Å². The van der Waals surface area contributed by atoms with Crippen molar-refractivity contribution in [1.29, 1.82) is 0 Å². The zero-order valence-corrected chi connectivity index (χ0v) is 12.9. The third-order valence-corrected chi connectivity index (χ3v) is 3.01. The van der Waals surface area contributed by atoms with E-state index in [0.29, 0.717) is 36.3 Å². The van der Waals surface area contributed by atoms with Gasteiger partial charge in [-0.3, -0.25) is 10.1 Å². The summed E-state index contributed by atoms with van der Waals surface area (Å²) >= 11 is 5.72. The van der Waals surface area contributed by atoms with Gasteiger partial charge in [0.1, 0.15) is 11.8 Å². The summed E-state index contributed by atoms with van der Waals surface area (Å²) in [6.45, 7) is 0.752. The number of hydrogen-bond acceptors (Lipinski definition) is 6. The largest absolute Gasteiger partial charge is 0.476 e. The molecule has 0 spiro atoms. The van der Waals surface area contributed by atoms with Crippen LogP contribution in [0.15, 0.2) is 54.6 Å². The highest BCUT2D eigenvalue weighted by Gasteiger charge is 2.05. The normalized spacial score (nSPS) is 11.1. The van der Waals surface area contributed by atoms with Gasteiger partial charge < -0.3 is 10.1 Å². The van der Waals surface area contributed by atoms with E-state index in [1.165, 1.54) is 0 Å². The zero-order chi connectivity index (χ0) is 16.5. The molecule has 0 bridgehead atoms. The molecule has 0 aliphatic carbocycles. The van der Waals surface area contributed by atoms with E-state index in [2.05, 4.69) is 15.3 Å². The van der Waals surface area contributed by atoms with Crippen LogP contribution in [0.4, 0.5) is 0 Å². The van der Waals surface area contributed by atoms with E-state index in [1.807, 2.05) is 6.07 Å². The summed E-state index contributed by atoms with van der Waals surface area (Å²) in [6.07, 6.45) is 4.51. The summed E-state index contributed by atoms with van der Waals surface area (Å²) in [5, 5.41) is 14.1. The summed E-state index contributed by atoms with van der Waals surface area (Å²) in [5.41, 5.74) is 1.28. The van der Waals surface area contributed by atoms with Crippen molar-refractivity contribution in [2.45, 2.75) is 6.42 Å². The lowest BCUT2D eigenvalue weighted by Gasteiger charge is -2.10. The fourth-order valence-corrected chi connectivity index (χ4v) is 1.92. The number of hydrogen-bond donors (Lipinski definition) is 1. The van der Waals surface area contributed by atoms with E-state index in [9.17, 15) is 10.1 Å². The number of halogens is 1. The fraction of sp³-hybridized carbons (Fsp3) is 0.200. The molecule has 0 atom stereocenters. The summed E-state index contributed by atoms with van der Waals surface area (Å²) in [5.74, 6) is 0.510. The van der Waals surface area contributed by atoms with Gasteiger partial charge in [-0.2, -0.15) is 0 Å². The van der Waals surface area contributed by atoms with Gasteiger partial charge >= 0.3 is 0 Å². The number of nitro groups is 1. The molecule has 0 unspecified atom stereocenters. The first-order valence-corrected chi connectivity index (χ1v) is 7.23. The van der Waals surface area contributed by atoms with Crippen molar-refractivity contribution in [3.05, 3.63) is 75.5 Å². The van der Waals surface area contributed by atoms with Crippen molar-refractivity contribution < 1.29 is 9.66 Å². The molecule has 1 N–H and O–H groups in total. The first-order valence-electron chi connectivity index (χ1n) is 6.86. The van der Waals surface area contributed by atoms with Crippen LogP contribution in [0, 0.1) is 10.1 Å². The van der Waals surface area contributed by atoms with Gasteiger partial charge in [-0.15, -0.1) is 0 Å². The molecule has 0 aliphatic rings. The van der Waals surface area contributed by atoms with Crippen LogP contribution >= 0.6 is 11.6 Å². The lowest BCUT2D eigenvalue weighted by Crippen LogP contribution is -2.22. The van der Waals surface area contributed by atoms with Crippen LogP contribution in [0.25, 0.3) is 0 Å². The van der Waals surface area contributed by atoms with Gasteiger partial charge in [0.05, 0.1) is 10.6 Å². The van der Waals surface area contributed by atoms with E-state index in [1.54, 1.807) is 36.7 Å². The highest BCUT2D eigenvalue weighted by Crippen LogP contribution is 2.09. The Labute approximate surface area is 138 Å². The van der Waals surface area contributed by atoms with Crippen LogP contribution in [0.5, 0.6) is 5.88 Å². The van der Waals surface area contributed by atoms with Crippen molar-refractivity contribution in [1.82, 2.24) is 15.3 Å². The third-order valence-electron chi connectivity index (χ3n) is 2.79. The Morgan fingerprint density at radius 3 is 2.87 bits per heavy atom. The molecular weight excluding hydrogens is 320 g/mol. The van der Waals surface area contributed by atoms with Gasteiger partial charge in [0.15, 0.2) is 0 Å². The van der Waals surface area contributed by atoms with E-state index in [0.717, 1.165) is 11.8 Å². The fourth-order valence-electron chi connectivity index (χ4n) is 1.81. The number of aromatic nitrogens is 2. The lowest BCUT2D eigenvalue weighted by atomic mass is 10.2. The number of ether oxygens (including phenoxy) is 1. The van der Waals surface area contributed by atoms with E-state index >= 15 is 0 Å². The summed E-state index contributed by atoms with van der Waals surface area (Å²) in [7, 11) is 0. The van der Waals surface area contributed by atoms with Gasteiger partial charge in [0.2, 0.25) is 5.88 Å². The Morgan fingerprint density at radius 2 is 2.22 bits per heavy atom. The van der Waals surface area contributed by atoms with Crippen LogP contribution < -0.4 is 10.1 Å². The third kappa shape index (κ3) is 6.31. The molecule has 0 aromatic carbocycles. The zero-order valence-electron chi connectivity index (χ0n) is 12.2. The molecule has 2 aromatic heterocycles. The first-order chi connectivity index (χ1) is 11.1. The Morgan fingerprint density at radius 1 is 1.35 bits per heavy atom. The van der Waals surface area contributed by atoms with Crippen LogP contribution in [0.3, 0.4) is 0 Å².